The van der Waals surface area contributed by atoms with Crippen molar-refractivity contribution >= 4 is 30.5 Å². The van der Waals surface area contributed by atoms with E-state index in [1.807, 2.05) is 0 Å². The van der Waals surface area contributed by atoms with E-state index in [0.717, 1.165) is 11.2 Å². The number of esters is 3. The lowest BCUT2D eigenvalue weighted by molar-refractivity contribution is -0.155. The lowest BCUT2D eigenvalue weighted by Gasteiger charge is -2.21. The van der Waals surface area contributed by atoms with Gasteiger partial charge in [-0.3, -0.25) is 4.99 Å². The molecule has 0 unspecified atom stereocenters. The zero-order valence-corrected chi connectivity index (χ0v) is 12.7. The Balaban J connectivity index is 2.87. The van der Waals surface area contributed by atoms with Crippen LogP contribution in [0.25, 0.3) is 0 Å². The normalized spacial score (nSPS) is 20.2. The average molecular weight is 313 g/mol. The third-order valence-corrected chi connectivity index (χ3v) is 2.57. The molecule has 0 aromatic carbocycles. The monoisotopic (exact) mass is 313 g/mol. The summed E-state index contributed by atoms with van der Waals surface area (Å²) in [6.07, 6.45) is 2.08. The fourth-order valence-corrected chi connectivity index (χ4v) is 1.72. The van der Waals surface area contributed by atoms with Gasteiger partial charge in [0.05, 0.1) is 19.8 Å². The molecule has 0 radical (unpaired) electrons. The van der Waals surface area contributed by atoms with Crippen molar-refractivity contribution in [2.24, 2.45) is 10.1 Å². The summed E-state index contributed by atoms with van der Waals surface area (Å²) in [7, 11) is 0. The van der Waals surface area contributed by atoms with Gasteiger partial charge < -0.3 is 14.2 Å². The number of hydrogen-bond donors (Lipinski definition) is 0. The summed E-state index contributed by atoms with van der Waals surface area (Å²) in [5, 5.41) is 4.87. The first-order valence-electron chi connectivity index (χ1n) is 6.90. The number of nitrogens with zero attached hydrogens (tertiary/aromatic N) is 3. The van der Waals surface area contributed by atoms with Crippen LogP contribution in [0.3, 0.4) is 0 Å². The van der Waals surface area contributed by atoms with Crippen molar-refractivity contribution in [2.75, 3.05) is 19.8 Å². The molecular weight excluding hydrogens is 294 g/mol. The Labute approximate surface area is 127 Å². The van der Waals surface area contributed by atoms with Crippen molar-refractivity contribution in [1.82, 2.24) is 5.01 Å². The summed E-state index contributed by atoms with van der Waals surface area (Å²) in [6.45, 7) is 5.44. The van der Waals surface area contributed by atoms with E-state index < -0.39 is 30.0 Å². The van der Waals surface area contributed by atoms with Gasteiger partial charge in [0.1, 0.15) is 12.6 Å². The molecule has 0 amide bonds. The molecule has 22 heavy (non-hydrogen) atoms. The van der Waals surface area contributed by atoms with Gasteiger partial charge in [-0.25, -0.2) is 19.4 Å². The average Bonchev–Trinajstić information content (AvgIpc) is 2.90. The highest BCUT2D eigenvalue weighted by atomic mass is 16.5. The number of carbonyl (C=O) groups excluding carboxylic acids is 3. The van der Waals surface area contributed by atoms with Gasteiger partial charge in [-0.05, 0) is 20.8 Å². The first-order chi connectivity index (χ1) is 10.5. The molecule has 1 heterocycles. The van der Waals surface area contributed by atoms with E-state index >= 15 is 0 Å². The van der Waals surface area contributed by atoms with E-state index in [0.29, 0.717) is 0 Å². The zero-order chi connectivity index (χ0) is 16.5. The van der Waals surface area contributed by atoms with Crippen LogP contribution in [0, 0.1) is 0 Å². The molecule has 1 rings (SSSR count). The molecular formula is C13H19N3O6. The summed E-state index contributed by atoms with van der Waals surface area (Å²) >= 11 is 0. The minimum absolute atomic E-state index is 0.139. The number of carbonyl (C=O) groups is 3. The van der Waals surface area contributed by atoms with Crippen LogP contribution in [0.15, 0.2) is 10.1 Å². The molecule has 9 nitrogen and oxygen atoms in total. The number of aliphatic imine (C=N–C) groups is 1. The zero-order valence-electron chi connectivity index (χ0n) is 12.7. The predicted molar refractivity (Wildman–Crippen MR) is 76.3 cm³/mol. The Kier molecular flexibility index (Phi) is 7.00. The summed E-state index contributed by atoms with van der Waals surface area (Å²) in [6, 6.07) is -2.19. The third-order valence-electron chi connectivity index (χ3n) is 2.57. The molecule has 0 spiro atoms. The summed E-state index contributed by atoms with van der Waals surface area (Å²) in [5.74, 6) is -2.01. The number of rotatable bonds is 7. The maximum absolute atomic E-state index is 12.0. The maximum atomic E-state index is 12.0. The molecule has 2 atom stereocenters. The quantitative estimate of drug-likeness (QED) is 0.362. The Bertz CT molecular complexity index is 476. The number of hydrazone groups is 1. The van der Waals surface area contributed by atoms with E-state index in [-0.39, 0.29) is 19.8 Å². The van der Waals surface area contributed by atoms with Crippen molar-refractivity contribution in [1.29, 1.82) is 0 Å². The van der Waals surface area contributed by atoms with Gasteiger partial charge >= 0.3 is 17.9 Å². The second kappa shape index (κ2) is 8.75. The summed E-state index contributed by atoms with van der Waals surface area (Å²) < 4.78 is 14.5. The van der Waals surface area contributed by atoms with Gasteiger partial charge in [0, 0.05) is 0 Å². The topological polar surface area (TPSA) is 107 Å². The minimum atomic E-state index is -1.11. The van der Waals surface area contributed by atoms with Crippen LogP contribution in [0.4, 0.5) is 0 Å². The largest absolute Gasteiger partial charge is 0.464 e. The molecule has 0 N–H and O–H groups in total. The Morgan fingerprint density at radius 3 is 2.27 bits per heavy atom. The van der Waals surface area contributed by atoms with E-state index in [1.54, 1.807) is 20.8 Å². The van der Waals surface area contributed by atoms with Crippen LogP contribution in [0.2, 0.25) is 0 Å². The highest BCUT2D eigenvalue weighted by Crippen LogP contribution is 2.17. The SMILES string of the molecule is CCOC(=O)/C=N/N1C=N[C@@H](C(=O)OCC)[C@@H]1C(=O)OCC. The molecule has 0 aliphatic carbocycles. The first-order valence-corrected chi connectivity index (χ1v) is 6.90. The Morgan fingerprint density at radius 2 is 1.68 bits per heavy atom. The lowest BCUT2D eigenvalue weighted by Crippen LogP contribution is -2.45. The minimum Gasteiger partial charge on any atom is -0.464 e. The fourth-order valence-electron chi connectivity index (χ4n) is 1.72. The number of hydrogen-bond acceptors (Lipinski definition) is 9. The van der Waals surface area contributed by atoms with Gasteiger partial charge in [-0.2, -0.15) is 5.10 Å². The second-order valence-electron chi connectivity index (χ2n) is 4.03. The molecule has 0 saturated heterocycles. The summed E-state index contributed by atoms with van der Waals surface area (Å²) in [5.41, 5.74) is 0. The van der Waals surface area contributed by atoms with Gasteiger partial charge in [-0.15, -0.1) is 0 Å². The molecule has 0 bridgehead atoms. The van der Waals surface area contributed by atoms with Crippen LogP contribution in [0.1, 0.15) is 20.8 Å². The molecule has 0 aromatic rings. The van der Waals surface area contributed by atoms with E-state index in [2.05, 4.69) is 10.1 Å². The standard InChI is InChI=1S/C13H19N3O6/c1-4-20-9(17)7-15-16-8-14-10(12(18)21-5-2)11(16)13(19)22-6-3/h7-8,10-11H,4-6H2,1-3H3/b15-7+/t10-,11-/m1/s1. The molecule has 0 saturated carbocycles. The second-order valence-corrected chi connectivity index (χ2v) is 4.03. The van der Waals surface area contributed by atoms with Crippen LogP contribution < -0.4 is 0 Å². The summed E-state index contributed by atoms with van der Waals surface area (Å²) in [4.78, 5) is 39.0. The van der Waals surface area contributed by atoms with Crippen molar-refractivity contribution in [3.05, 3.63) is 0 Å². The van der Waals surface area contributed by atoms with Crippen molar-refractivity contribution in [3.63, 3.8) is 0 Å². The molecule has 0 fully saturated rings. The van der Waals surface area contributed by atoms with E-state index in [4.69, 9.17) is 14.2 Å². The Morgan fingerprint density at radius 1 is 1.09 bits per heavy atom. The van der Waals surface area contributed by atoms with Gasteiger partial charge in [0.25, 0.3) is 0 Å². The van der Waals surface area contributed by atoms with Crippen molar-refractivity contribution in [3.8, 4) is 0 Å². The molecule has 122 valence electrons. The maximum Gasteiger partial charge on any atom is 0.351 e. The fraction of sp³-hybridized carbons (Fsp3) is 0.615. The van der Waals surface area contributed by atoms with Gasteiger partial charge in [0.2, 0.25) is 0 Å². The van der Waals surface area contributed by atoms with Crippen molar-refractivity contribution in [2.45, 2.75) is 32.9 Å². The molecule has 0 aromatic heterocycles. The van der Waals surface area contributed by atoms with Gasteiger partial charge in [0.15, 0.2) is 12.1 Å². The van der Waals surface area contributed by atoms with E-state index in [1.165, 1.54) is 6.34 Å². The molecule has 1 aliphatic rings. The van der Waals surface area contributed by atoms with Crippen molar-refractivity contribution < 1.29 is 28.6 Å². The number of ether oxygens (including phenoxy) is 3. The van der Waals surface area contributed by atoms with Crippen LogP contribution in [0.5, 0.6) is 0 Å². The van der Waals surface area contributed by atoms with E-state index in [9.17, 15) is 14.4 Å². The van der Waals surface area contributed by atoms with Crippen LogP contribution in [-0.4, -0.2) is 67.4 Å². The molecule has 1 aliphatic heterocycles. The smallest absolute Gasteiger partial charge is 0.351 e. The van der Waals surface area contributed by atoms with Crippen LogP contribution in [-0.2, 0) is 28.6 Å². The predicted octanol–water partition coefficient (Wildman–Crippen LogP) is -0.257. The third kappa shape index (κ3) is 4.54. The lowest BCUT2D eigenvalue weighted by atomic mass is 10.1. The highest BCUT2D eigenvalue weighted by molar-refractivity contribution is 6.23. The Hall–Kier alpha value is -2.45. The molecule has 9 heteroatoms. The first kappa shape index (κ1) is 17.6. The van der Waals surface area contributed by atoms with Crippen LogP contribution >= 0.6 is 0 Å². The highest BCUT2D eigenvalue weighted by Gasteiger charge is 2.43. The van der Waals surface area contributed by atoms with Gasteiger partial charge in [-0.1, -0.05) is 0 Å².